The van der Waals surface area contributed by atoms with Crippen LogP contribution in [0.1, 0.15) is 43.0 Å². The third-order valence-electron chi connectivity index (χ3n) is 6.10. The van der Waals surface area contributed by atoms with Gasteiger partial charge in [-0.05, 0) is 48.9 Å². The van der Waals surface area contributed by atoms with Gasteiger partial charge in [0.05, 0.1) is 11.3 Å². The lowest BCUT2D eigenvalue weighted by Gasteiger charge is -2.31. The van der Waals surface area contributed by atoms with Gasteiger partial charge in [0.2, 0.25) is 0 Å². The lowest BCUT2D eigenvalue weighted by Crippen LogP contribution is -2.43. The maximum atomic E-state index is 12.4. The predicted octanol–water partition coefficient (Wildman–Crippen LogP) is 4.41. The fourth-order valence-electron chi connectivity index (χ4n) is 4.27. The van der Waals surface area contributed by atoms with Crippen molar-refractivity contribution in [2.75, 3.05) is 24.2 Å². The first kappa shape index (κ1) is 23.1. The van der Waals surface area contributed by atoms with Crippen LogP contribution in [0.2, 0.25) is 0 Å². The van der Waals surface area contributed by atoms with E-state index < -0.39 is 0 Å². The number of rotatable bonds is 5. The summed E-state index contributed by atoms with van der Waals surface area (Å²) in [5.74, 6) is 0.408. The average molecular weight is 465 g/mol. The molecule has 0 bridgehead atoms. The highest BCUT2D eigenvalue weighted by Crippen LogP contribution is 2.29. The number of hydrogen-bond acceptors (Lipinski definition) is 6. The average Bonchev–Trinajstić information content (AvgIpc) is 2.83. The van der Waals surface area contributed by atoms with Gasteiger partial charge in [-0.25, -0.2) is 9.78 Å². The minimum atomic E-state index is -0.316. The first-order valence-electron chi connectivity index (χ1n) is 11.4. The van der Waals surface area contributed by atoms with Gasteiger partial charge in [0.15, 0.2) is 0 Å². The van der Waals surface area contributed by atoms with Gasteiger partial charge in [-0.15, -0.1) is 0 Å². The van der Waals surface area contributed by atoms with Crippen molar-refractivity contribution in [1.82, 2.24) is 9.88 Å². The Kier molecular flexibility index (Phi) is 7.50. The molecule has 4 rings (SSSR count). The van der Waals surface area contributed by atoms with E-state index in [4.69, 9.17) is 4.74 Å². The lowest BCUT2D eigenvalue weighted by atomic mass is 9.87. The minimum absolute atomic E-state index is 0.117. The van der Waals surface area contributed by atoms with E-state index in [9.17, 15) is 14.9 Å². The molecule has 1 aromatic carbocycles. The SMILES string of the molecule is C[C@H]1CCc2nc(SCC(=O)OC3CCN(C(=O)Nc4ccccc4)CC3)c(C#N)cc2C1. The van der Waals surface area contributed by atoms with Crippen LogP contribution >= 0.6 is 11.8 Å². The number of ether oxygens (including phenoxy) is 1. The second-order valence-corrected chi connectivity index (χ2v) is 9.63. The summed E-state index contributed by atoms with van der Waals surface area (Å²) >= 11 is 1.27. The highest BCUT2D eigenvalue weighted by Gasteiger charge is 2.26. The molecule has 1 fully saturated rings. The number of amides is 2. The van der Waals surface area contributed by atoms with Gasteiger partial charge < -0.3 is 15.0 Å². The number of hydrogen-bond donors (Lipinski definition) is 1. The Morgan fingerprint density at radius 3 is 2.73 bits per heavy atom. The third-order valence-corrected chi connectivity index (χ3v) is 7.06. The normalized spacial score (nSPS) is 18.2. The van der Waals surface area contributed by atoms with Crippen molar-refractivity contribution in [3.63, 3.8) is 0 Å². The van der Waals surface area contributed by atoms with Crippen LogP contribution < -0.4 is 5.32 Å². The molecule has 1 aliphatic heterocycles. The van der Waals surface area contributed by atoms with E-state index in [1.807, 2.05) is 36.4 Å². The second-order valence-electron chi connectivity index (χ2n) is 8.67. The third kappa shape index (κ3) is 6.05. The molecule has 1 aliphatic carbocycles. The molecular formula is C25H28N4O3S. The molecular weight excluding hydrogens is 436 g/mol. The number of para-hydroxylation sites is 1. The summed E-state index contributed by atoms with van der Waals surface area (Å²) in [6.45, 7) is 3.29. The Balaban J connectivity index is 1.24. The number of piperidine rings is 1. The predicted molar refractivity (Wildman–Crippen MR) is 127 cm³/mol. The molecule has 33 heavy (non-hydrogen) atoms. The van der Waals surface area contributed by atoms with E-state index in [1.54, 1.807) is 4.90 Å². The second kappa shape index (κ2) is 10.7. The molecule has 2 heterocycles. The maximum absolute atomic E-state index is 12.4. The zero-order valence-electron chi connectivity index (χ0n) is 18.8. The summed E-state index contributed by atoms with van der Waals surface area (Å²) in [5.41, 5.74) is 3.48. The van der Waals surface area contributed by atoms with Gasteiger partial charge in [0, 0.05) is 37.3 Å². The number of pyridine rings is 1. The molecule has 1 atom stereocenters. The van der Waals surface area contributed by atoms with Gasteiger partial charge in [0.25, 0.3) is 0 Å². The first-order valence-corrected chi connectivity index (χ1v) is 12.4. The summed E-state index contributed by atoms with van der Waals surface area (Å²) in [4.78, 5) is 31.3. The molecule has 2 aliphatic rings. The number of thioether (sulfide) groups is 1. The van der Waals surface area contributed by atoms with Crippen molar-refractivity contribution in [3.8, 4) is 6.07 Å². The van der Waals surface area contributed by atoms with Crippen molar-refractivity contribution in [2.24, 2.45) is 5.92 Å². The smallest absolute Gasteiger partial charge is 0.321 e. The summed E-state index contributed by atoms with van der Waals surface area (Å²) in [6, 6.07) is 13.4. The van der Waals surface area contributed by atoms with Gasteiger partial charge in [-0.2, -0.15) is 5.26 Å². The fourth-order valence-corrected chi connectivity index (χ4v) is 5.02. The Morgan fingerprint density at radius 1 is 1.24 bits per heavy atom. The monoisotopic (exact) mass is 464 g/mol. The van der Waals surface area contributed by atoms with Crippen molar-refractivity contribution < 1.29 is 14.3 Å². The van der Waals surface area contributed by atoms with E-state index in [0.717, 1.165) is 36.2 Å². The number of carbonyl (C=O) groups excluding carboxylic acids is 2. The number of nitriles is 1. The Bertz CT molecular complexity index is 1050. The summed E-state index contributed by atoms with van der Waals surface area (Å²) in [6.07, 6.45) is 3.98. The van der Waals surface area contributed by atoms with Crippen LogP contribution in [0.4, 0.5) is 10.5 Å². The van der Waals surface area contributed by atoms with Gasteiger partial charge in [-0.3, -0.25) is 4.79 Å². The first-order chi connectivity index (χ1) is 16.0. The number of urea groups is 1. The maximum Gasteiger partial charge on any atom is 0.321 e. The van der Waals surface area contributed by atoms with Gasteiger partial charge in [0.1, 0.15) is 17.2 Å². The van der Waals surface area contributed by atoms with Crippen LogP contribution in [0.15, 0.2) is 41.4 Å². The largest absolute Gasteiger partial charge is 0.462 e. The molecule has 2 aromatic rings. The van der Waals surface area contributed by atoms with Crippen LogP contribution in [0.3, 0.4) is 0 Å². The van der Waals surface area contributed by atoms with Crippen molar-refractivity contribution in [1.29, 1.82) is 5.26 Å². The van der Waals surface area contributed by atoms with Crippen LogP contribution in [0.25, 0.3) is 0 Å². The van der Waals surface area contributed by atoms with Crippen LogP contribution in [-0.2, 0) is 22.4 Å². The number of anilines is 1. The van der Waals surface area contributed by atoms with E-state index in [1.165, 1.54) is 11.8 Å². The van der Waals surface area contributed by atoms with Crippen LogP contribution in [0.5, 0.6) is 0 Å². The highest BCUT2D eigenvalue weighted by atomic mass is 32.2. The number of carbonyl (C=O) groups is 2. The van der Waals surface area contributed by atoms with E-state index in [0.29, 0.717) is 42.4 Å². The molecule has 0 radical (unpaired) electrons. The number of esters is 1. The number of benzene rings is 1. The number of fused-ring (bicyclic) bond motifs is 1. The number of nitrogens with one attached hydrogen (secondary N) is 1. The molecule has 0 saturated carbocycles. The molecule has 1 N–H and O–H groups in total. The fraction of sp³-hybridized carbons (Fsp3) is 0.440. The van der Waals surface area contributed by atoms with Gasteiger partial charge in [-0.1, -0.05) is 36.9 Å². The Labute approximate surface area is 198 Å². The summed E-state index contributed by atoms with van der Waals surface area (Å²) < 4.78 is 5.63. The number of aromatic nitrogens is 1. The molecule has 172 valence electrons. The van der Waals surface area contributed by atoms with Crippen molar-refractivity contribution in [2.45, 2.75) is 50.2 Å². The summed E-state index contributed by atoms with van der Waals surface area (Å²) in [7, 11) is 0. The van der Waals surface area contributed by atoms with Crippen LogP contribution in [-0.4, -0.2) is 46.8 Å². The van der Waals surface area contributed by atoms with E-state index >= 15 is 0 Å². The molecule has 1 aromatic heterocycles. The minimum Gasteiger partial charge on any atom is -0.462 e. The van der Waals surface area contributed by atoms with Crippen LogP contribution in [0, 0.1) is 17.2 Å². The summed E-state index contributed by atoms with van der Waals surface area (Å²) in [5, 5.41) is 13.0. The van der Waals surface area contributed by atoms with E-state index in [-0.39, 0.29) is 23.9 Å². The van der Waals surface area contributed by atoms with Gasteiger partial charge >= 0.3 is 12.0 Å². The molecule has 8 heteroatoms. The van der Waals surface area contributed by atoms with E-state index in [2.05, 4.69) is 23.3 Å². The zero-order chi connectivity index (χ0) is 23.2. The highest BCUT2D eigenvalue weighted by molar-refractivity contribution is 7.99. The Morgan fingerprint density at radius 2 is 2.00 bits per heavy atom. The molecule has 7 nitrogen and oxygen atoms in total. The topological polar surface area (TPSA) is 95.3 Å². The Hall–Kier alpha value is -3.05. The molecule has 0 spiro atoms. The molecule has 1 saturated heterocycles. The zero-order valence-corrected chi connectivity index (χ0v) is 19.6. The molecule has 0 unspecified atom stereocenters. The number of aryl methyl sites for hydroxylation is 1. The van der Waals surface area contributed by atoms with Crippen molar-refractivity contribution in [3.05, 3.63) is 53.2 Å². The molecule has 2 amide bonds. The lowest BCUT2D eigenvalue weighted by molar-refractivity contribution is -0.147. The number of likely N-dealkylation sites (tertiary alicyclic amines) is 1. The number of nitrogens with zero attached hydrogens (tertiary/aromatic N) is 3. The standard InChI is InChI=1S/C25H28N4O3S/c1-17-7-8-22-18(13-17)14-19(15-26)24(28-22)33-16-23(30)32-21-9-11-29(12-10-21)25(31)27-20-5-3-2-4-6-20/h2-6,14,17,21H,7-13,16H2,1H3,(H,27,31)/t17-/m0/s1. The quantitative estimate of drug-likeness (QED) is 0.520. The van der Waals surface area contributed by atoms with Crippen molar-refractivity contribution >= 4 is 29.4 Å².